The van der Waals surface area contributed by atoms with Crippen LogP contribution in [0, 0.1) is 5.92 Å². The molecule has 1 aliphatic rings. The van der Waals surface area contributed by atoms with E-state index in [1.54, 1.807) is 6.07 Å². The van der Waals surface area contributed by atoms with Crippen LogP contribution >= 0.6 is 0 Å². The molecule has 0 radical (unpaired) electrons. The van der Waals surface area contributed by atoms with Crippen LogP contribution in [0.2, 0.25) is 0 Å². The molecule has 0 aliphatic heterocycles. The minimum absolute atomic E-state index is 0.0301. The molecule has 7 heteroatoms. The molecule has 0 spiro atoms. The molecule has 1 aromatic heterocycles. The van der Waals surface area contributed by atoms with Crippen LogP contribution in [0.4, 0.5) is 5.69 Å². The number of nitrogens with zero attached hydrogens (tertiary/aromatic N) is 2. The van der Waals surface area contributed by atoms with Crippen molar-refractivity contribution in [1.82, 2.24) is 10.2 Å². The number of hydrogen-bond acceptors (Lipinski definition) is 5. The van der Waals surface area contributed by atoms with Crippen molar-refractivity contribution < 1.29 is 13.2 Å². The number of nitrogens with one attached hydrogen (secondary N) is 1. The van der Waals surface area contributed by atoms with Crippen LogP contribution in [0.5, 0.6) is 0 Å². The lowest BCUT2D eigenvalue weighted by atomic mass is 10.0. The summed E-state index contributed by atoms with van der Waals surface area (Å²) < 4.78 is 22.9. The molecule has 0 atom stereocenters. The quantitative estimate of drug-likeness (QED) is 0.886. The summed E-state index contributed by atoms with van der Waals surface area (Å²) in [5.74, 6) is 0.528. The fraction of sp³-hybridized carbons (Fsp3) is 0.389. The van der Waals surface area contributed by atoms with E-state index in [2.05, 4.69) is 15.5 Å². The van der Waals surface area contributed by atoms with Gasteiger partial charge in [0, 0.05) is 23.9 Å². The third-order valence-electron chi connectivity index (χ3n) is 4.41. The Labute approximate surface area is 147 Å². The third kappa shape index (κ3) is 4.63. The number of amides is 1. The van der Waals surface area contributed by atoms with Crippen LogP contribution in [0.25, 0.3) is 11.3 Å². The van der Waals surface area contributed by atoms with Gasteiger partial charge in [-0.15, -0.1) is 10.2 Å². The lowest BCUT2D eigenvalue weighted by Crippen LogP contribution is -2.15. The van der Waals surface area contributed by atoms with Crippen molar-refractivity contribution in [3.8, 4) is 11.3 Å². The number of rotatable bonds is 5. The van der Waals surface area contributed by atoms with E-state index in [4.69, 9.17) is 0 Å². The Kier molecular flexibility index (Phi) is 5.13. The zero-order chi connectivity index (χ0) is 17.9. The van der Waals surface area contributed by atoms with E-state index in [0.29, 0.717) is 23.7 Å². The minimum Gasteiger partial charge on any atom is -0.326 e. The molecule has 25 heavy (non-hydrogen) atoms. The highest BCUT2D eigenvalue weighted by atomic mass is 32.2. The lowest BCUT2D eigenvalue weighted by molar-refractivity contribution is -0.117. The largest absolute Gasteiger partial charge is 0.326 e. The Hall–Kier alpha value is -2.28. The van der Waals surface area contributed by atoms with Crippen LogP contribution in [0.15, 0.2) is 41.4 Å². The minimum atomic E-state index is -3.37. The summed E-state index contributed by atoms with van der Waals surface area (Å²) in [6, 6.07) is 10.4. The molecule has 6 nitrogen and oxygen atoms in total. The first kappa shape index (κ1) is 17.5. The first-order valence-corrected chi connectivity index (χ1v) is 10.2. The monoisotopic (exact) mass is 359 g/mol. The SMILES string of the molecule is CS(=O)(=O)c1ccc(-c2cccc(NC(=O)CC3CCCC3)c2)nn1. The molecule has 1 saturated carbocycles. The van der Waals surface area contributed by atoms with E-state index >= 15 is 0 Å². The van der Waals surface area contributed by atoms with E-state index in [9.17, 15) is 13.2 Å². The summed E-state index contributed by atoms with van der Waals surface area (Å²) in [5.41, 5.74) is 2.03. The Balaban J connectivity index is 1.71. The van der Waals surface area contributed by atoms with Crippen LogP contribution in [-0.2, 0) is 14.6 Å². The second-order valence-electron chi connectivity index (χ2n) is 6.51. The highest BCUT2D eigenvalue weighted by Crippen LogP contribution is 2.28. The Morgan fingerprint density at radius 1 is 1.16 bits per heavy atom. The van der Waals surface area contributed by atoms with Gasteiger partial charge in [-0.3, -0.25) is 4.79 Å². The zero-order valence-corrected chi connectivity index (χ0v) is 14.9. The van der Waals surface area contributed by atoms with Gasteiger partial charge < -0.3 is 5.32 Å². The van der Waals surface area contributed by atoms with Gasteiger partial charge in [0.25, 0.3) is 0 Å². The van der Waals surface area contributed by atoms with Crippen LogP contribution in [0.3, 0.4) is 0 Å². The van der Waals surface area contributed by atoms with E-state index in [-0.39, 0.29) is 10.9 Å². The number of hydrogen-bond donors (Lipinski definition) is 1. The van der Waals surface area contributed by atoms with Crippen LogP contribution in [0.1, 0.15) is 32.1 Å². The Morgan fingerprint density at radius 3 is 2.56 bits per heavy atom. The molecule has 1 heterocycles. The molecule has 0 saturated heterocycles. The molecule has 2 aromatic rings. The predicted octanol–water partition coefficient (Wildman–Crippen LogP) is 3.07. The van der Waals surface area contributed by atoms with Crippen molar-refractivity contribution in [2.24, 2.45) is 5.92 Å². The third-order valence-corrected chi connectivity index (χ3v) is 5.39. The molecule has 1 fully saturated rings. The van der Waals surface area contributed by atoms with Crippen molar-refractivity contribution in [1.29, 1.82) is 0 Å². The number of benzene rings is 1. The van der Waals surface area contributed by atoms with Gasteiger partial charge in [-0.25, -0.2) is 8.42 Å². The second kappa shape index (κ2) is 7.31. The number of sulfone groups is 1. The molecule has 132 valence electrons. The first-order chi connectivity index (χ1) is 11.9. The Bertz CT molecular complexity index is 857. The number of carbonyl (C=O) groups is 1. The summed E-state index contributed by atoms with van der Waals surface area (Å²) in [6.07, 6.45) is 6.36. The van der Waals surface area contributed by atoms with Crippen LogP contribution in [-0.4, -0.2) is 30.8 Å². The topological polar surface area (TPSA) is 89.0 Å². The zero-order valence-electron chi connectivity index (χ0n) is 14.1. The fourth-order valence-corrected chi connectivity index (χ4v) is 3.62. The summed E-state index contributed by atoms with van der Waals surface area (Å²) in [6.45, 7) is 0. The van der Waals surface area contributed by atoms with Crippen LogP contribution < -0.4 is 5.32 Å². The van der Waals surface area contributed by atoms with E-state index in [1.165, 1.54) is 18.9 Å². The molecule has 0 unspecified atom stereocenters. The maximum Gasteiger partial charge on any atom is 0.224 e. The summed E-state index contributed by atoms with van der Waals surface area (Å²) >= 11 is 0. The van der Waals surface area contributed by atoms with Gasteiger partial charge in [-0.2, -0.15) is 0 Å². The summed E-state index contributed by atoms with van der Waals surface area (Å²) in [5, 5.41) is 10.6. The molecule has 0 bridgehead atoms. The molecular weight excluding hydrogens is 338 g/mol. The number of aromatic nitrogens is 2. The Morgan fingerprint density at radius 2 is 1.92 bits per heavy atom. The van der Waals surface area contributed by atoms with Gasteiger partial charge in [0.05, 0.1) is 5.69 Å². The van der Waals surface area contributed by atoms with Gasteiger partial charge in [0.1, 0.15) is 0 Å². The van der Waals surface area contributed by atoms with Gasteiger partial charge in [-0.05, 0) is 43.0 Å². The average Bonchev–Trinajstić information content (AvgIpc) is 3.07. The predicted molar refractivity (Wildman–Crippen MR) is 95.8 cm³/mol. The number of anilines is 1. The molecule has 1 N–H and O–H groups in total. The second-order valence-corrected chi connectivity index (χ2v) is 8.48. The molecular formula is C18H21N3O3S. The van der Waals surface area contributed by atoms with Gasteiger partial charge >= 0.3 is 0 Å². The van der Waals surface area contributed by atoms with Gasteiger partial charge in [-0.1, -0.05) is 25.0 Å². The van der Waals surface area contributed by atoms with Gasteiger partial charge in [0.15, 0.2) is 14.9 Å². The van der Waals surface area contributed by atoms with E-state index in [1.807, 2.05) is 24.3 Å². The van der Waals surface area contributed by atoms with Crippen molar-refractivity contribution in [2.75, 3.05) is 11.6 Å². The normalized spacial score (nSPS) is 15.2. The van der Waals surface area contributed by atoms with Gasteiger partial charge in [0.2, 0.25) is 5.91 Å². The molecule has 1 aliphatic carbocycles. The van der Waals surface area contributed by atoms with E-state index < -0.39 is 9.84 Å². The van der Waals surface area contributed by atoms with Crippen molar-refractivity contribution in [2.45, 2.75) is 37.1 Å². The highest BCUT2D eigenvalue weighted by Gasteiger charge is 2.18. The molecule has 1 aromatic carbocycles. The highest BCUT2D eigenvalue weighted by molar-refractivity contribution is 7.90. The fourth-order valence-electron chi connectivity index (χ4n) is 3.12. The average molecular weight is 359 g/mol. The lowest BCUT2D eigenvalue weighted by Gasteiger charge is -2.10. The van der Waals surface area contributed by atoms with Crippen molar-refractivity contribution in [3.63, 3.8) is 0 Å². The van der Waals surface area contributed by atoms with E-state index in [0.717, 1.165) is 24.7 Å². The van der Waals surface area contributed by atoms with Crippen molar-refractivity contribution >= 4 is 21.4 Å². The summed E-state index contributed by atoms with van der Waals surface area (Å²) in [4.78, 5) is 12.2. The standard InChI is InChI=1S/C18H21N3O3S/c1-25(23,24)18-10-9-16(20-21-18)14-7-4-8-15(12-14)19-17(22)11-13-5-2-3-6-13/h4,7-10,12-13H,2-3,5-6,11H2,1H3,(H,19,22). The summed E-state index contributed by atoms with van der Waals surface area (Å²) in [7, 11) is -3.37. The maximum absolute atomic E-state index is 12.2. The maximum atomic E-state index is 12.2. The smallest absolute Gasteiger partial charge is 0.224 e. The first-order valence-electron chi connectivity index (χ1n) is 8.36. The molecule has 1 amide bonds. The van der Waals surface area contributed by atoms with Crippen molar-refractivity contribution in [3.05, 3.63) is 36.4 Å². The molecule has 3 rings (SSSR count). The number of carbonyl (C=O) groups excluding carboxylic acids is 1.